The molecule has 0 unspecified atom stereocenters. The fourth-order valence-electron chi connectivity index (χ4n) is 1.39. The van der Waals surface area contributed by atoms with Gasteiger partial charge in [-0.05, 0) is 17.8 Å². The van der Waals surface area contributed by atoms with E-state index in [-0.39, 0.29) is 0 Å². The molecule has 72 valence electrons. The van der Waals surface area contributed by atoms with E-state index in [9.17, 15) is 5.21 Å². The Morgan fingerprint density at radius 1 is 1.21 bits per heavy atom. The molecule has 1 N–H and O–H groups in total. The van der Waals surface area contributed by atoms with Gasteiger partial charge in [-0.1, -0.05) is 30.3 Å². The topological polar surface area (TPSA) is 30.1 Å². The van der Waals surface area contributed by atoms with Crippen molar-refractivity contribution in [1.29, 1.82) is 0 Å². The molecule has 0 aliphatic carbocycles. The number of aromatic nitrogens is 2. The quantitative estimate of drug-likeness (QED) is 0.574. The van der Waals surface area contributed by atoms with E-state index in [1.165, 1.54) is 0 Å². The van der Waals surface area contributed by atoms with Gasteiger partial charge in [0.2, 0.25) is 4.77 Å². The molecule has 14 heavy (non-hydrogen) atoms. The van der Waals surface area contributed by atoms with E-state index < -0.39 is 0 Å². The highest BCUT2D eigenvalue weighted by Gasteiger charge is 2.05. The molecule has 0 saturated carbocycles. The summed E-state index contributed by atoms with van der Waals surface area (Å²) in [7, 11) is 1.83. The van der Waals surface area contributed by atoms with Gasteiger partial charge in [0.1, 0.15) is 0 Å². The zero-order valence-electron chi connectivity index (χ0n) is 7.71. The minimum Gasteiger partial charge on any atom is -0.426 e. The Bertz CT molecular complexity index is 499. The molecule has 4 heteroatoms. The zero-order valence-corrected chi connectivity index (χ0v) is 8.53. The van der Waals surface area contributed by atoms with E-state index in [1.807, 2.05) is 37.4 Å². The van der Waals surface area contributed by atoms with Crippen LogP contribution in [-0.2, 0) is 7.05 Å². The summed E-state index contributed by atoms with van der Waals surface area (Å²) in [6, 6.07) is 9.81. The maximum absolute atomic E-state index is 9.37. The third kappa shape index (κ3) is 1.33. The molecule has 0 atom stereocenters. The molecule has 0 radical (unpaired) electrons. The van der Waals surface area contributed by atoms with Crippen LogP contribution in [0, 0.1) is 4.77 Å². The van der Waals surface area contributed by atoms with Crippen molar-refractivity contribution in [3.05, 3.63) is 41.3 Å². The number of hydrogen-bond acceptors (Lipinski definition) is 2. The van der Waals surface area contributed by atoms with Gasteiger partial charge < -0.3 is 9.77 Å². The zero-order chi connectivity index (χ0) is 10.1. The highest BCUT2D eigenvalue weighted by molar-refractivity contribution is 7.71. The lowest BCUT2D eigenvalue weighted by molar-refractivity contribution is 0.180. The maximum atomic E-state index is 9.37. The first-order valence-electron chi connectivity index (χ1n) is 4.23. The first-order chi connectivity index (χ1) is 6.70. The van der Waals surface area contributed by atoms with Gasteiger partial charge in [0.15, 0.2) is 0 Å². The van der Waals surface area contributed by atoms with Gasteiger partial charge in [0.25, 0.3) is 0 Å². The van der Waals surface area contributed by atoms with Crippen LogP contribution in [0.4, 0.5) is 0 Å². The molecule has 2 aromatic rings. The maximum Gasteiger partial charge on any atom is 0.214 e. The highest BCUT2D eigenvalue weighted by Crippen LogP contribution is 2.18. The molecule has 0 fully saturated rings. The Kier molecular flexibility index (Phi) is 2.13. The fourth-order valence-corrected chi connectivity index (χ4v) is 1.54. The fraction of sp³-hybridized carbons (Fsp3) is 0.100. The van der Waals surface area contributed by atoms with E-state index in [1.54, 1.807) is 10.8 Å². The molecule has 0 amide bonds. The van der Waals surface area contributed by atoms with Crippen LogP contribution in [0.1, 0.15) is 0 Å². The summed E-state index contributed by atoms with van der Waals surface area (Å²) in [6.45, 7) is 0. The molecule has 1 aromatic carbocycles. The van der Waals surface area contributed by atoms with Gasteiger partial charge in [0, 0.05) is 7.05 Å². The minimum absolute atomic E-state index is 0.392. The van der Waals surface area contributed by atoms with Crippen LogP contribution in [0.15, 0.2) is 36.5 Å². The van der Waals surface area contributed by atoms with Crippen LogP contribution in [0.25, 0.3) is 11.3 Å². The van der Waals surface area contributed by atoms with Crippen LogP contribution < -0.4 is 0 Å². The lowest BCUT2D eigenvalue weighted by Crippen LogP contribution is -1.92. The van der Waals surface area contributed by atoms with E-state index in [0.717, 1.165) is 16.0 Å². The Balaban J connectivity index is 2.64. The van der Waals surface area contributed by atoms with E-state index in [4.69, 9.17) is 12.2 Å². The first-order valence-corrected chi connectivity index (χ1v) is 4.64. The van der Waals surface area contributed by atoms with Crippen molar-refractivity contribution < 1.29 is 5.21 Å². The van der Waals surface area contributed by atoms with Crippen molar-refractivity contribution >= 4 is 12.2 Å². The minimum atomic E-state index is 0.392. The second-order valence-corrected chi connectivity index (χ2v) is 3.43. The molecule has 1 heterocycles. The van der Waals surface area contributed by atoms with Crippen LogP contribution in [0.3, 0.4) is 0 Å². The van der Waals surface area contributed by atoms with Crippen molar-refractivity contribution in [1.82, 2.24) is 9.30 Å². The average molecular weight is 206 g/mol. The average Bonchev–Trinajstić information content (AvgIpc) is 2.47. The van der Waals surface area contributed by atoms with Crippen molar-refractivity contribution in [2.75, 3.05) is 0 Å². The molecular weight excluding hydrogens is 196 g/mol. The van der Waals surface area contributed by atoms with E-state index in [0.29, 0.717) is 4.77 Å². The summed E-state index contributed by atoms with van der Waals surface area (Å²) < 4.78 is 3.12. The summed E-state index contributed by atoms with van der Waals surface area (Å²) in [4.78, 5) is 0. The summed E-state index contributed by atoms with van der Waals surface area (Å²) in [5.41, 5.74) is 1.94. The van der Waals surface area contributed by atoms with Crippen molar-refractivity contribution in [3.8, 4) is 11.3 Å². The third-order valence-electron chi connectivity index (χ3n) is 2.16. The number of hydrogen-bond donors (Lipinski definition) is 1. The predicted molar refractivity (Wildman–Crippen MR) is 56.9 cm³/mol. The number of imidazole rings is 1. The Hall–Kier alpha value is -1.55. The van der Waals surface area contributed by atoms with E-state index in [2.05, 4.69) is 0 Å². The Morgan fingerprint density at radius 2 is 1.86 bits per heavy atom. The summed E-state index contributed by atoms with van der Waals surface area (Å²) in [6.07, 6.45) is 1.61. The first kappa shape index (κ1) is 9.02. The third-order valence-corrected chi connectivity index (χ3v) is 2.62. The van der Waals surface area contributed by atoms with Gasteiger partial charge in [-0.25, -0.2) is 0 Å². The number of rotatable bonds is 1. The van der Waals surface area contributed by atoms with Gasteiger partial charge in [-0.3, -0.25) is 0 Å². The SMILES string of the molecule is Cn1c(-c2ccccc2)cn(O)c1=S. The second-order valence-electron chi connectivity index (χ2n) is 3.07. The molecule has 0 bridgehead atoms. The van der Waals surface area contributed by atoms with Gasteiger partial charge in [-0.15, -0.1) is 0 Å². The lowest BCUT2D eigenvalue weighted by atomic mass is 10.2. The smallest absolute Gasteiger partial charge is 0.214 e. The highest BCUT2D eigenvalue weighted by atomic mass is 32.1. The van der Waals surface area contributed by atoms with Crippen LogP contribution in [0.2, 0.25) is 0 Å². The van der Waals surface area contributed by atoms with Gasteiger partial charge in [-0.2, -0.15) is 4.73 Å². The summed E-state index contributed by atoms with van der Waals surface area (Å²) >= 11 is 4.99. The van der Waals surface area contributed by atoms with Crippen molar-refractivity contribution in [2.24, 2.45) is 7.05 Å². The van der Waals surface area contributed by atoms with Crippen molar-refractivity contribution in [3.63, 3.8) is 0 Å². The summed E-state index contributed by atoms with van der Waals surface area (Å²) in [5, 5.41) is 9.37. The molecule has 0 saturated heterocycles. The van der Waals surface area contributed by atoms with Crippen LogP contribution >= 0.6 is 12.2 Å². The normalized spacial score (nSPS) is 10.4. The molecular formula is C10H10N2OS. The van der Waals surface area contributed by atoms with Gasteiger partial charge >= 0.3 is 0 Å². The van der Waals surface area contributed by atoms with E-state index >= 15 is 0 Å². The molecule has 0 aliphatic heterocycles. The number of nitrogens with zero attached hydrogens (tertiary/aromatic N) is 2. The second kappa shape index (κ2) is 3.31. The van der Waals surface area contributed by atoms with Crippen molar-refractivity contribution in [2.45, 2.75) is 0 Å². The predicted octanol–water partition coefficient (Wildman–Crippen LogP) is 2.46. The molecule has 3 nitrogen and oxygen atoms in total. The molecule has 1 aromatic heterocycles. The Labute approximate surface area is 86.8 Å². The largest absolute Gasteiger partial charge is 0.426 e. The molecule has 2 rings (SSSR count). The van der Waals surface area contributed by atoms with Crippen LogP contribution in [0.5, 0.6) is 0 Å². The summed E-state index contributed by atoms with van der Waals surface area (Å²) in [5.74, 6) is 0. The monoisotopic (exact) mass is 206 g/mol. The lowest BCUT2D eigenvalue weighted by Gasteiger charge is -2.00. The standard InChI is InChI=1S/C10H10N2OS/c1-11-9(7-12(13)10(11)14)8-5-3-2-4-6-8/h2-7,13H,1H3. The number of benzene rings is 1. The van der Waals surface area contributed by atoms with Gasteiger partial charge in [0.05, 0.1) is 11.9 Å². The molecule has 0 spiro atoms. The molecule has 0 aliphatic rings. The van der Waals surface area contributed by atoms with Crippen LogP contribution in [-0.4, -0.2) is 14.5 Å². The Morgan fingerprint density at radius 3 is 2.36 bits per heavy atom.